The number of fused-ring (bicyclic) bond motifs is 3. The molecule has 0 atom stereocenters. The molecule has 0 N–H and O–H groups in total. The summed E-state index contributed by atoms with van der Waals surface area (Å²) in [6, 6.07) is 14.8. The normalized spacial score (nSPS) is 10.9. The second-order valence-corrected chi connectivity index (χ2v) is 6.64. The molecule has 21 heavy (non-hydrogen) atoms. The van der Waals surface area contributed by atoms with Crippen molar-refractivity contribution < 1.29 is 9.53 Å². The average molecular weight is 314 g/mol. The van der Waals surface area contributed by atoms with Gasteiger partial charge in [-0.25, -0.2) is 4.79 Å². The third kappa shape index (κ3) is 2.96. The molecule has 0 aliphatic heterocycles. The van der Waals surface area contributed by atoms with Crippen molar-refractivity contribution in [3.8, 4) is 0 Å². The predicted octanol–water partition coefficient (Wildman–Crippen LogP) is 4.88. The first-order valence-corrected chi connectivity index (χ1v) is 8.42. The molecule has 0 bridgehead atoms. The van der Waals surface area contributed by atoms with E-state index in [2.05, 4.69) is 49.0 Å². The van der Waals surface area contributed by atoms with Crippen LogP contribution in [0.4, 0.5) is 0 Å². The van der Waals surface area contributed by atoms with E-state index in [1.54, 1.807) is 11.8 Å². The van der Waals surface area contributed by atoms with E-state index in [0.717, 1.165) is 5.75 Å². The van der Waals surface area contributed by atoms with Crippen LogP contribution in [0.1, 0.15) is 0 Å². The van der Waals surface area contributed by atoms with Gasteiger partial charge in [0.25, 0.3) is 0 Å². The molecule has 0 saturated heterocycles. The smallest absolute Gasteiger partial charge is 0.330 e. The van der Waals surface area contributed by atoms with Gasteiger partial charge < -0.3 is 4.74 Å². The van der Waals surface area contributed by atoms with E-state index >= 15 is 0 Å². The molecule has 2 nitrogen and oxygen atoms in total. The van der Waals surface area contributed by atoms with Gasteiger partial charge in [0.05, 0.1) is 0 Å². The Morgan fingerprint density at radius 3 is 2.86 bits per heavy atom. The Balaban J connectivity index is 1.82. The first kappa shape index (κ1) is 14.2. The lowest BCUT2D eigenvalue weighted by molar-refractivity contribution is -0.137. The van der Waals surface area contributed by atoms with Gasteiger partial charge in [-0.05, 0) is 12.1 Å². The first-order valence-electron chi connectivity index (χ1n) is 6.62. The summed E-state index contributed by atoms with van der Waals surface area (Å²) in [7, 11) is 0. The van der Waals surface area contributed by atoms with Crippen LogP contribution < -0.4 is 0 Å². The van der Waals surface area contributed by atoms with Gasteiger partial charge in [0, 0.05) is 36.9 Å². The van der Waals surface area contributed by atoms with Crippen molar-refractivity contribution in [2.24, 2.45) is 0 Å². The van der Waals surface area contributed by atoms with E-state index in [4.69, 9.17) is 4.74 Å². The van der Waals surface area contributed by atoms with Crippen LogP contribution in [0.25, 0.3) is 20.2 Å². The Kier molecular flexibility index (Phi) is 4.27. The Hall–Kier alpha value is -1.78. The second-order valence-electron chi connectivity index (χ2n) is 4.45. The van der Waals surface area contributed by atoms with Gasteiger partial charge in [-0.1, -0.05) is 36.9 Å². The minimum Gasteiger partial charge on any atom is -0.462 e. The second kappa shape index (κ2) is 6.33. The van der Waals surface area contributed by atoms with Crippen LogP contribution in [0.15, 0.2) is 60.0 Å². The minimum atomic E-state index is -0.365. The molecule has 0 amide bonds. The molecule has 3 rings (SSSR count). The van der Waals surface area contributed by atoms with E-state index in [9.17, 15) is 4.79 Å². The van der Waals surface area contributed by atoms with Crippen molar-refractivity contribution in [2.45, 2.75) is 4.90 Å². The summed E-state index contributed by atoms with van der Waals surface area (Å²) in [4.78, 5) is 12.2. The lowest BCUT2D eigenvalue weighted by Crippen LogP contribution is -2.03. The molecule has 4 heteroatoms. The maximum Gasteiger partial charge on any atom is 0.330 e. The number of esters is 1. The molecule has 0 aliphatic rings. The van der Waals surface area contributed by atoms with E-state index < -0.39 is 0 Å². The highest BCUT2D eigenvalue weighted by atomic mass is 32.2. The number of hydrogen-bond donors (Lipinski definition) is 0. The lowest BCUT2D eigenvalue weighted by atomic mass is 10.1. The molecule has 0 fully saturated rings. The number of thioether (sulfide) groups is 1. The molecule has 0 spiro atoms. The summed E-state index contributed by atoms with van der Waals surface area (Å²) < 4.78 is 7.62. The highest BCUT2D eigenvalue weighted by Crippen LogP contribution is 2.39. The van der Waals surface area contributed by atoms with Crippen LogP contribution in [-0.2, 0) is 9.53 Å². The summed E-state index contributed by atoms with van der Waals surface area (Å²) in [6.07, 6.45) is 1.19. The Bertz CT molecular complexity index is 805. The zero-order valence-corrected chi connectivity index (χ0v) is 13.0. The average Bonchev–Trinajstić information content (AvgIpc) is 2.90. The lowest BCUT2D eigenvalue weighted by Gasteiger charge is -2.03. The summed E-state index contributed by atoms with van der Waals surface area (Å²) in [5.41, 5.74) is 0. The van der Waals surface area contributed by atoms with Gasteiger partial charge in [0.1, 0.15) is 6.61 Å². The topological polar surface area (TPSA) is 26.3 Å². The van der Waals surface area contributed by atoms with Gasteiger partial charge in [-0.15, -0.1) is 23.1 Å². The van der Waals surface area contributed by atoms with Gasteiger partial charge in [-0.3, -0.25) is 0 Å². The molecule has 0 radical (unpaired) electrons. The number of thiophene rings is 1. The number of hydrogen-bond acceptors (Lipinski definition) is 4. The Morgan fingerprint density at radius 1 is 1.19 bits per heavy atom. The minimum absolute atomic E-state index is 0.365. The van der Waals surface area contributed by atoms with Crippen molar-refractivity contribution in [3.05, 3.63) is 55.1 Å². The molecular formula is C17H14O2S2. The monoisotopic (exact) mass is 314 g/mol. The number of carbonyl (C=O) groups excluding carboxylic acids is 1. The number of carbonyl (C=O) groups is 1. The quantitative estimate of drug-likeness (QED) is 0.291. The van der Waals surface area contributed by atoms with Crippen LogP contribution in [0, 0.1) is 0 Å². The standard InChI is InChI=1S/C17H14O2S2/c1-2-16(18)19-10-11-20-15-9-5-7-13-12-6-3-4-8-14(12)21-17(13)15/h2-9H,1,10-11H2. The number of rotatable bonds is 5. The maximum absolute atomic E-state index is 11.0. The molecule has 106 valence electrons. The maximum atomic E-state index is 11.0. The SMILES string of the molecule is C=CC(=O)OCCSc1cccc2c1sc1ccccc12. The Morgan fingerprint density at radius 2 is 2.00 bits per heavy atom. The summed E-state index contributed by atoms with van der Waals surface area (Å²) in [6.45, 7) is 3.78. The number of ether oxygens (including phenoxy) is 1. The third-order valence-electron chi connectivity index (χ3n) is 3.12. The van der Waals surface area contributed by atoms with Crippen molar-refractivity contribution in [1.29, 1.82) is 0 Å². The fraction of sp³-hybridized carbons (Fsp3) is 0.118. The zero-order chi connectivity index (χ0) is 14.7. The largest absolute Gasteiger partial charge is 0.462 e. The molecule has 0 unspecified atom stereocenters. The van der Waals surface area contributed by atoms with E-state index in [0.29, 0.717) is 6.61 Å². The van der Waals surface area contributed by atoms with Crippen LogP contribution in [-0.4, -0.2) is 18.3 Å². The molecule has 0 saturated carbocycles. The van der Waals surface area contributed by atoms with Crippen molar-refractivity contribution in [2.75, 3.05) is 12.4 Å². The van der Waals surface area contributed by atoms with Gasteiger partial charge in [0.2, 0.25) is 0 Å². The summed E-state index contributed by atoms with van der Waals surface area (Å²) in [5.74, 6) is 0.378. The summed E-state index contributed by atoms with van der Waals surface area (Å²) >= 11 is 3.53. The molecule has 1 aromatic heterocycles. The molecule has 2 aromatic carbocycles. The fourth-order valence-electron chi connectivity index (χ4n) is 2.19. The first-order chi connectivity index (χ1) is 10.3. The third-order valence-corrected chi connectivity index (χ3v) is 5.49. The van der Waals surface area contributed by atoms with Crippen molar-refractivity contribution >= 4 is 49.2 Å². The molecular weight excluding hydrogens is 300 g/mol. The van der Waals surface area contributed by atoms with Crippen molar-refractivity contribution in [1.82, 2.24) is 0 Å². The van der Waals surface area contributed by atoms with E-state index in [-0.39, 0.29) is 5.97 Å². The van der Waals surface area contributed by atoms with E-state index in [1.165, 1.54) is 31.1 Å². The molecule has 1 heterocycles. The molecule has 0 aliphatic carbocycles. The Labute approximate surface area is 131 Å². The van der Waals surface area contributed by atoms with E-state index in [1.807, 2.05) is 11.3 Å². The molecule has 3 aromatic rings. The predicted molar refractivity (Wildman–Crippen MR) is 91.2 cm³/mol. The van der Waals surface area contributed by atoms with Crippen LogP contribution in [0.2, 0.25) is 0 Å². The van der Waals surface area contributed by atoms with Gasteiger partial charge in [0.15, 0.2) is 0 Å². The number of benzene rings is 2. The van der Waals surface area contributed by atoms with Gasteiger partial charge in [-0.2, -0.15) is 0 Å². The van der Waals surface area contributed by atoms with Crippen LogP contribution in [0.3, 0.4) is 0 Å². The summed E-state index contributed by atoms with van der Waals surface area (Å²) in [5, 5.41) is 2.60. The van der Waals surface area contributed by atoms with Gasteiger partial charge >= 0.3 is 5.97 Å². The van der Waals surface area contributed by atoms with Crippen LogP contribution >= 0.6 is 23.1 Å². The highest BCUT2D eigenvalue weighted by Gasteiger charge is 2.08. The highest BCUT2D eigenvalue weighted by molar-refractivity contribution is 7.99. The zero-order valence-electron chi connectivity index (χ0n) is 11.4. The van der Waals surface area contributed by atoms with Crippen molar-refractivity contribution in [3.63, 3.8) is 0 Å². The fourth-order valence-corrected chi connectivity index (χ4v) is 4.40. The van der Waals surface area contributed by atoms with Crippen LogP contribution in [0.5, 0.6) is 0 Å².